The van der Waals surface area contributed by atoms with Crippen molar-refractivity contribution in [3.05, 3.63) is 12.3 Å². The van der Waals surface area contributed by atoms with Crippen LogP contribution < -0.4 is 0 Å². The molecule has 0 aliphatic heterocycles. The Bertz CT molecular complexity index is 470. The number of nitrogens with zero attached hydrogens (tertiary/aromatic N) is 2. The highest BCUT2D eigenvalue weighted by molar-refractivity contribution is 8.13. The van der Waals surface area contributed by atoms with Gasteiger partial charge in [-0.25, -0.2) is 17.2 Å². The van der Waals surface area contributed by atoms with Crippen molar-refractivity contribution in [2.75, 3.05) is 0 Å². The summed E-state index contributed by atoms with van der Waals surface area (Å²) < 4.78 is 47.5. The van der Waals surface area contributed by atoms with E-state index in [2.05, 4.69) is 5.10 Å². The van der Waals surface area contributed by atoms with Gasteiger partial charge in [-0.2, -0.15) is 5.10 Å². The average molecular weight is 243 g/mol. The molecule has 8 heteroatoms. The number of hydrogen-bond acceptors (Lipinski definition) is 3. The van der Waals surface area contributed by atoms with E-state index in [1.54, 1.807) is 0 Å². The van der Waals surface area contributed by atoms with Gasteiger partial charge in [0.2, 0.25) is 0 Å². The third-order valence-corrected chi connectivity index (χ3v) is 3.14. The molecule has 2 rings (SSSR count). The van der Waals surface area contributed by atoms with E-state index in [-0.39, 0.29) is 6.42 Å². The lowest BCUT2D eigenvalue weighted by Gasteiger charge is -1.96. The molecule has 1 unspecified atom stereocenters. The summed E-state index contributed by atoms with van der Waals surface area (Å²) in [6.07, 6.45) is 0.872. The average Bonchev–Trinajstić information content (AvgIpc) is 2.48. The SMILES string of the molecule is O=S(=O)(Cl)c1ccn(C2CC2(F)F)n1. The number of aromatic nitrogens is 2. The van der Waals surface area contributed by atoms with Crippen LogP contribution in [0.3, 0.4) is 0 Å². The molecule has 0 N–H and O–H groups in total. The normalized spacial score (nSPS) is 24.9. The summed E-state index contributed by atoms with van der Waals surface area (Å²) >= 11 is 0. The zero-order valence-electron chi connectivity index (χ0n) is 6.69. The molecule has 14 heavy (non-hydrogen) atoms. The number of rotatable bonds is 2. The van der Waals surface area contributed by atoms with Gasteiger partial charge in [-0.05, 0) is 6.07 Å². The Balaban J connectivity index is 2.29. The maximum atomic E-state index is 12.5. The van der Waals surface area contributed by atoms with Crippen molar-refractivity contribution in [3.63, 3.8) is 0 Å². The number of halogens is 3. The maximum absolute atomic E-state index is 12.5. The van der Waals surface area contributed by atoms with Crippen LogP contribution in [0.25, 0.3) is 0 Å². The van der Waals surface area contributed by atoms with Crippen LogP contribution in [0.15, 0.2) is 17.3 Å². The summed E-state index contributed by atoms with van der Waals surface area (Å²) in [6, 6.07) is 0.0613. The van der Waals surface area contributed by atoms with Crippen LogP contribution in [-0.4, -0.2) is 24.1 Å². The predicted molar refractivity (Wildman–Crippen MR) is 43.9 cm³/mol. The minimum Gasteiger partial charge on any atom is -0.262 e. The first-order chi connectivity index (χ1) is 6.31. The van der Waals surface area contributed by atoms with Crippen LogP contribution in [0, 0.1) is 0 Å². The van der Waals surface area contributed by atoms with Crippen molar-refractivity contribution >= 4 is 19.7 Å². The third kappa shape index (κ3) is 1.61. The van der Waals surface area contributed by atoms with Gasteiger partial charge in [0.15, 0.2) is 5.03 Å². The minimum absolute atomic E-state index is 0.309. The molecule has 1 heterocycles. The van der Waals surface area contributed by atoms with Crippen molar-refractivity contribution in [2.45, 2.75) is 23.4 Å². The molecule has 0 saturated heterocycles. The highest BCUT2D eigenvalue weighted by Crippen LogP contribution is 2.52. The topological polar surface area (TPSA) is 52.0 Å². The largest absolute Gasteiger partial charge is 0.280 e. The molecule has 0 bridgehead atoms. The van der Waals surface area contributed by atoms with Gasteiger partial charge in [-0.15, -0.1) is 0 Å². The lowest BCUT2D eigenvalue weighted by molar-refractivity contribution is 0.0981. The Labute approximate surface area is 82.9 Å². The highest BCUT2D eigenvalue weighted by atomic mass is 35.7. The predicted octanol–water partition coefficient (Wildman–Crippen LogP) is 1.39. The minimum atomic E-state index is -3.93. The van der Waals surface area contributed by atoms with Crippen LogP contribution in [-0.2, 0) is 9.05 Å². The van der Waals surface area contributed by atoms with E-state index in [1.807, 2.05) is 0 Å². The molecule has 1 aromatic rings. The molecular formula is C6H5ClF2N2O2S. The van der Waals surface area contributed by atoms with Crippen molar-refractivity contribution < 1.29 is 17.2 Å². The standard InChI is InChI=1S/C6H5ClF2N2O2S/c7-14(12,13)5-1-2-11(10-5)4-3-6(4,8)9/h1-2,4H,3H2. The van der Waals surface area contributed by atoms with Gasteiger partial charge in [-0.3, -0.25) is 4.68 Å². The summed E-state index contributed by atoms with van der Waals surface area (Å²) in [5.41, 5.74) is 0. The second kappa shape index (κ2) is 2.66. The fraction of sp³-hybridized carbons (Fsp3) is 0.500. The zero-order chi connectivity index (χ0) is 10.6. The molecule has 0 aromatic carbocycles. The van der Waals surface area contributed by atoms with Gasteiger partial charge in [0, 0.05) is 23.3 Å². The third-order valence-electron chi connectivity index (χ3n) is 1.95. The van der Waals surface area contributed by atoms with E-state index in [4.69, 9.17) is 10.7 Å². The van der Waals surface area contributed by atoms with E-state index in [0.717, 1.165) is 10.7 Å². The second-order valence-electron chi connectivity index (χ2n) is 3.05. The molecule has 0 amide bonds. The van der Waals surface area contributed by atoms with E-state index < -0.39 is 26.0 Å². The molecule has 1 saturated carbocycles. The molecular weight excluding hydrogens is 238 g/mol. The maximum Gasteiger partial charge on any atom is 0.280 e. The van der Waals surface area contributed by atoms with Crippen molar-refractivity contribution in [2.24, 2.45) is 0 Å². The van der Waals surface area contributed by atoms with Gasteiger partial charge in [-0.1, -0.05) is 0 Å². The number of hydrogen-bond donors (Lipinski definition) is 0. The zero-order valence-corrected chi connectivity index (χ0v) is 8.26. The smallest absolute Gasteiger partial charge is 0.262 e. The molecule has 1 atom stereocenters. The number of alkyl halides is 2. The lowest BCUT2D eigenvalue weighted by Crippen LogP contribution is -2.04. The van der Waals surface area contributed by atoms with Crippen molar-refractivity contribution in [3.8, 4) is 0 Å². The van der Waals surface area contributed by atoms with Crippen LogP contribution >= 0.6 is 10.7 Å². The molecule has 1 aromatic heterocycles. The first-order valence-electron chi connectivity index (χ1n) is 3.68. The lowest BCUT2D eigenvalue weighted by atomic mass is 10.6. The first-order valence-corrected chi connectivity index (χ1v) is 5.99. The fourth-order valence-corrected chi connectivity index (χ4v) is 1.77. The molecule has 0 spiro atoms. The van der Waals surface area contributed by atoms with Crippen molar-refractivity contribution in [1.29, 1.82) is 0 Å². The van der Waals surface area contributed by atoms with Gasteiger partial charge in [0.1, 0.15) is 6.04 Å². The Kier molecular flexibility index (Phi) is 1.87. The quantitative estimate of drug-likeness (QED) is 0.737. The van der Waals surface area contributed by atoms with Gasteiger partial charge in [0.05, 0.1) is 0 Å². The molecule has 4 nitrogen and oxygen atoms in total. The van der Waals surface area contributed by atoms with Crippen LogP contribution in [0.2, 0.25) is 0 Å². The van der Waals surface area contributed by atoms with E-state index in [0.29, 0.717) is 0 Å². The monoisotopic (exact) mass is 242 g/mol. The van der Waals surface area contributed by atoms with E-state index in [1.165, 1.54) is 6.20 Å². The summed E-state index contributed by atoms with van der Waals surface area (Å²) in [4.78, 5) is 0. The Morgan fingerprint density at radius 1 is 1.64 bits per heavy atom. The Morgan fingerprint density at radius 2 is 2.21 bits per heavy atom. The molecule has 1 fully saturated rings. The van der Waals surface area contributed by atoms with Crippen LogP contribution in [0.4, 0.5) is 8.78 Å². The molecule has 1 aliphatic rings. The van der Waals surface area contributed by atoms with Gasteiger partial charge in [0.25, 0.3) is 15.0 Å². The van der Waals surface area contributed by atoms with E-state index in [9.17, 15) is 17.2 Å². The summed E-state index contributed by atoms with van der Waals surface area (Å²) in [5.74, 6) is -2.78. The molecule has 78 valence electrons. The molecule has 0 radical (unpaired) electrons. The summed E-state index contributed by atoms with van der Waals surface area (Å²) in [5, 5.41) is 3.05. The van der Waals surface area contributed by atoms with Crippen LogP contribution in [0.5, 0.6) is 0 Å². The van der Waals surface area contributed by atoms with E-state index >= 15 is 0 Å². The Morgan fingerprint density at radius 3 is 2.57 bits per heavy atom. The van der Waals surface area contributed by atoms with Crippen molar-refractivity contribution in [1.82, 2.24) is 9.78 Å². The molecule has 1 aliphatic carbocycles. The first kappa shape index (κ1) is 9.85. The highest BCUT2D eigenvalue weighted by Gasteiger charge is 2.59. The van der Waals surface area contributed by atoms with Crippen LogP contribution in [0.1, 0.15) is 12.5 Å². The van der Waals surface area contributed by atoms with Gasteiger partial charge >= 0.3 is 0 Å². The van der Waals surface area contributed by atoms with Gasteiger partial charge < -0.3 is 0 Å². The Hall–Kier alpha value is -0.690. The fourth-order valence-electron chi connectivity index (χ4n) is 1.11. The summed E-state index contributed by atoms with van der Waals surface area (Å²) in [7, 11) is 1.05. The summed E-state index contributed by atoms with van der Waals surface area (Å²) in [6.45, 7) is 0. The second-order valence-corrected chi connectivity index (χ2v) is 5.57.